The van der Waals surface area contributed by atoms with Gasteiger partial charge < -0.3 is 5.32 Å². The second kappa shape index (κ2) is 5.60. The Labute approximate surface area is 88.6 Å². The van der Waals surface area contributed by atoms with Gasteiger partial charge in [0.25, 0.3) is 0 Å². The maximum Gasteiger partial charge on any atom is 0.246 e. The maximum atomic E-state index is 11.5. The molecule has 1 aromatic rings. The predicted molar refractivity (Wildman–Crippen MR) is 60.2 cm³/mol. The molecule has 1 N–H and O–H groups in total. The van der Waals surface area contributed by atoms with Crippen molar-refractivity contribution < 1.29 is 4.79 Å². The number of amides is 1. The Morgan fingerprint density at radius 2 is 2.43 bits per heavy atom. The molecule has 2 nitrogen and oxygen atoms in total. The molecular weight excluding hydrogens is 194 g/mol. The second-order valence-electron chi connectivity index (χ2n) is 3.06. The van der Waals surface area contributed by atoms with Crippen LogP contribution in [0, 0.1) is 0 Å². The zero-order valence-electron chi connectivity index (χ0n) is 8.54. The molecule has 0 unspecified atom stereocenters. The molecule has 0 saturated heterocycles. The van der Waals surface area contributed by atoms with Crippen molar-refractivity contribution in [1.29, 1.82) is 0 Å². The van der Waals surface area contributed by atoms with Gasteiger partial charge in [-0.25, -0.2) is 0 Å². The van der Waals surface area contributed by atoms with E-state index >= 15 is 0 Å². The molecular formula is C11H15NOS. The fraction of sp³-hybridized carbons (Fsp3) is 0.364. The second-order valence-corrected chi connectivity index (χ2v) is 4.09. The molecule has 76 valence electrons. The zero-order chi connectivity index (χ0) is 10.4. The Morgan fingerprint density at radius 1 is 1.64 bits per heavy atom. The van der Waals surface area contributed by atoms with E-state index < -0.39 is 0 Å². The van der Waals surface area contributed by atoms with E-state index in [9.17, 15) is 4.79 Å². The molecule has 0 atom stereocenters. The zero-order valence-corrected chi connectivity index (χ0v) is 9.36. The first-order valence-corrected chi connectivity index (χ1v) is 5.59. The summed E-state index contributed by atoms with van der Waals surface area (Å²) in [4.78, 5) is 12.6. The highest BCUT2D eigenvalue weighted by molar-refractivity contribution is 7.09. The van der Waals surface area contributed by atoms with Gasteiger partial charge in [0.2, 0.25) is 5.91 Å². The van der Waals surface area contributed by atoms with Crippen LogP contribution in [0.25, 0.3) is 0 Å². The van der Waals surface area contributed by atoms with E-state index in [1.54, 1.807) is 11.3 Å². The normalized spacial score (nSPS) is 11.4. The van der Waals surface area contributed by atoms with Crippen molar-refractivity contribution in [1.82, 2.24) is 5.32 Å². The minimum Gasteiger partial charge on any atom is -0.347 e. The molecule has 0 spiro atoms. The lowest BCUT2D eigenvalue weighted by Crippen LogP contribution is -2.22. The highest BCUT2D eigenvalue weighted by Gasteiger charge is 2.02. The van der Waals surface area contributed by atoms with Crippen molar-refractivity contribution in [3.63, 3.8) is 0 Å². The highest BCUT2D eigenvalue weighted by Crippen LogP contribution is 2.07. The van der Waals surface area contributed by atoms with Crippen LogP contribution in [0.2, 0.25) is 0 Å². The summed E-state index contributed by atoms with van der Waals surface area (Å²) in [5, 5.41) is 4.88. The summed E-state index contributed by atoms with van der Waals surface area (Å²) < 4.78 is 0. The standard InChI is InChI=1S/C11H15NOS/c1-3-5-9(2)11(13)12-8-10-6-4-7-14-10/h4-7H,3,8H2,1-2H3,(H,12,13)/b9-5+. The van der Waals surface area contributed by atoms with Crippen LogP contribution in [0.5, 0.6) is 0 Å². The first-order chi connectivity index (χ1) is 6.74. The Kier molecular flexibility index (Phi) is 4.40. The largest absolute Gasteiger partial charge is 0.347 e. The molecule has 0 bridgehead atoms. The van der Waals surface area contributed by atoms with Crippen molar-refractivity contribution in [2.45, 2.75) is 26.8 Å². The van der Waals surface area contributed by atoms with Gasteiger partial charge in [0.15, 0.2) is 0 Å². The molecule has 14 heavy (non-hydrogen) atoms. The minimum absolute atomic E-state index is 0.0280. The van der Waals surface area contributed by atoms with Crippen molar-refractivity contribution in [3.05, 3.63) is 34.0 Å². The molecule has 0 fully saturated rings. The molecule has 1 aromatic heterocycles. The number of hydrogen-bond donors (Lipinski definition) is 1. The van der Waals surface area contributed by atoms with Crippen LogP contribution in [-0.2, 0) is 11.3 Å². The number of allylic oxidation sites excluding steroid dienone is 1. The van der Waals surface area contributed by atoms with Crippen molar-refractivity contribution in [2.24, 2.45) is 0 Å². The topological polar surface area (TPSA) is 29.1 Å². The summed E-state index contributed by atoms with van der Waals surface area (Å²) in [6, 6.07) is 4.00. The van der Waals surface area contributed by atoms with E-state index in [0.29, 0.717) is 6.54 Å². The lowest BCUT2D eigenvalue weighted by Gasteiger charge is -2.02. The quantitative estimate of drug-likeness (QED) is 0.759. The minimum atomic E-state index is 0.0280. The smallest absolute Gasteiger partial charge is 0.246 e. The third-order valence-electron chi connectivity index (χ3n) is 1.87. The van der Waals surface area contributed by atoms with Gasteiger partial charge in [-0.1, -0.05) is 19.1 Å². The van der Waals surface area contributed by atoms with Gasteiger partial charge in [-0.2, -0.15) is 0 Å². The lowest BCUT2D eigenvalue weighted by molar-refractivity contribution is -0.117. The monoisotopic (exact) mass is 209 g/mol. The molecule has 1 heterocycles. The molecule has 0 aromatic carbocycles. The van der Waals surface area contributed by atoms with Crippen molar-refractivity contribution in [3.8, 4) is 0 Å². The Bertz CT molecular complexity index is 314. The summed E-state index contributed by atoms with van der Waals surface area (Å²) >= 11 is 1.66. The number of carbonyl (C=O) groups excluding carboxylic acids is 1. The third-order valence-corrected chi connectivity index (χ3v) is 2.75. The molecule has 0 saturated carbocycles. The SMILES string of the molecule is CC/C=C(\C)C(=O)NCc1cccs1. The van der Waals surface area contributed by atoms with Gasteiger partial charge in [0.1, 0.15) is 0 Å². The summed E-state index contributed by atoms with van der Waals surface area (Å²) in [5.41, 5.74) is 0.795. The van der Waals surface area contributed by atoms with E-state index in [4.69, 9.17) is 0 Å². The Morgan fingerprint density at radius 3 is 3.00 bits per heavy atom. The Hall–Kier alpha value is -1.09. The molecule has 0 aliphatic carbocycles. The van der Waals surface area contributed by atoms with Crippen LogP contribution in [0.4, 0.5) is 0 Å². The fourth-order valence-electron chi connectivity index (χ4n) is 1.12. The van der Waals surface area contributed by atoms with Gasteiger partial charge in [-0.15, -0.1) is 11.3 Å². The molecule has 0 aliphatic heterocycles. The maximum absolute atomic E-state index is 11.5. The van der Waals surface area contributed by atoms with Crippen LogP contribution in [0.15, 0.2) is 29.2 Å². The Balaban J connectivity index is 2.39. The highest BCUT2D eigenvalue weighted by atomic mass is 32.1. The lowest BCUT2D eigenvalue weighted by atomic mass is 10.2. The van der Waals surface area contributed by atoms with E-state index in [2.05, 4.69) is 5.32 Å². The van der Waals surface area contributed by atoms with Gasteiger partial charge in [-0.3, -0.25) is 4.79 Å². The van der Waals surface area contributed by atoms with Gasteiger partial charge >= 0.3 is 0 Å². The summed E-state index contributed by atoms with van der Waals surface area (Å²) in [5.74, 6) is 0.0280. The van der Waals surface area contributed by atoms with E-state index in [0.717, 1.165) is 12.0 Å². The van der Waals surface area contributed by atoms with Gasteiger partial charge in [0, 0.05) is 10.5 Å². The number of rotatable bonds is 4. The van der Waals surface area contributed by atoms with Crippen LogP contribution in [-0.4, -0.2) is 5.91 Å². The van der Waals surface area contributed by atoms with Crippen LogP contribution in [0.3, 0.4) is 0 Å². The average Bonchev–Trinajstić information content (AvgIpc) is 2.67. The third kappa shape index (κ3) is 3.34. The summed E-state index contributed by atoms with van der Waals surface area (Å²) in [7, 11) is 0. The van der Waals surface area contributed by atoms with Gasteiger partial charge in [-0.05, 0) is 24.8 Å². The first kappa shape index (κ1) is 11.0. The van der Waals surface area contributed by atoms with Crippen molar-refractivity contribution in [2.75, 3.05) is 0 Å². The van der Waals surface area contributed by atoms with E-state index in [1.807, 2.05) is 37.4 Å². The number of nitrogens with one attached hydrogen (secondary N) is 1. The number of thiophene rings is 1. The molecule has 1 rings (SSSR count). The molecule has 1 amide bonds. The predicted octanol–water partition coefficient (Wildman–Crippen LogP) is 2.72. The molecule has 3 heteroatoms. The van der Waals surface area contributed by atoms with E-state index in [-0.39, 0.29) is 5.91 Å². The molecule has 0 radical (unpaired) electrons. The van der Waals surface area contributed by atoms with Crippen molar-refractivity contribution >= 4 is 17.2 Å². The fourth-order valence-corrected chi connectivity index (χ4v) is 1.76. The summed E-state index contributed by atoms with van der Waals surface area (Å²) in [6.45, 7) is 4.49. The van der Waals surface area contributed by atoms with Crippen LogP contribution >= 0.6 is 11.3 Å². The summed E-state index contributed by atoms with van der Waals surface area (Å²) in [6.07, 6.45) is 2.84. The van der Waals surface area contributed by atoms with Crippen LogP contribution in [0.1, 0.15) is 25.1 Å². The number of hydrogen-bond acceptors (Lipinski definition) is 2. The molecule has 0 aliphatic rings. The number of carbonyl (C=O) groups is 1. The average molecular weight is 209 g/mol. The van der Waals surface area contributed by atoms with Gasteiger partial charge in [0.05, 0.1) is 6.54 Å². The van der Waals surface area contributed by atoms with E-state index in [1.165, 1.54) is 4.88 Å². The first-order valence-electron chi connectivity index (χ1n) is 4.71. The van der Waals surface area contributed by atoms with Crippen LogP contribution < -0.4 is 5.32 Å².